The van der Waals surface area contributed by atoms with Crippen LogP contribution in [0.25, 0.3) is 0 Å². The Hall–Kier alpha value is -1.33. The number of benzene rings is 1. The number of methoxy groups -OCH3 is 2. The second-order valence-electron chi connectivity index (χ2n) is 3.20. The summed E-state index contributed by atoms with van der Waals surface area (Å²) in [5.41, 5.74) is 7.31. The number of hydrogen-bond acceptors (Lipinski definition) is 4. The summed E-state index contributed by atoms with van der Waals surface area (Å²) >= 11 is 4.97. The van der Waals surface area contributed by atoms with E-state index in [2.05, 4.69) is 5.32 Å². The average Bonchev–Trinajstić information content (AvgIpc) is 2.29. The van der Waals surface area contributed by atoms with Gasteiger partial charge in [0.2, 0.25) is 0 Å². The molecule has 0 atom stereocenters. The minimum absolute atomic E-state index is 0.363. The van der Waals surface area contributed by atoms with E-state index in [9.17, 15) is 0 Å². The second-order valence-corrected chi connectivity index (χ2v) is 3.64. The first kappa shape index (κ1) is 12.7. The smallest absolute Gasteiger partial charge is 0.120 e. The van der Waals surface area contributed by atoms with Gasteiger partial charge in [-0.25, -0.2) is 0 Å². The highest BCUT2D eigenvalue weighted by Gasteiger charge is 2.06. The summed E-state index contributed by atoms with van der Waals surface area (Å²) in [4.78, 5) is 0.363. The molecule has 0 saturated carbocycles. The monoisotopic (exact) mass is 240 g/mol. The Morgan fingerprint density at radius 1 is 1.44 bits per heavy atom. The topological polar surface area (TPSA) is 56.5 Å². The van der Waals surface area contributed by atoms with E-state index in [4.69, 9.17) is 27.4 Å². The zero-order valence-corrected chi connectivity index (χ0v) is 10.3. The molecule has 0 aliphatic rings. The van der Waals surface area contributed by atoms with Crippen LogP contribution in [-0.4, -0.2) is 32.4 Å². The molecule has 1 rings (SSSR count). The summed E-state index contributed by atoms with van der Waals surface area (Å²) in [7, 11) is 3.27. The highest BCUT2D eigenvalue weighted by molar-refractivity contribution is 7.80. The Balaban J connectivity index is 2.87. The van der Waals surface area contributed by atoms with Crippen LogP contribution in [0.3, 0.4) is 0 Å². The van der Waals surface area contributed by atoms with E-state index in [0.717, 1.165) is 17.0 Å². The van der Waals surface area contributed by atoms with Gasteiger partial charge in [0.1, 0.15) is 10.7 Å². The summed E-state index contributed by atoms with van der Waals surface area (Å²) in [5, 5.41) is 3.20. The maximum Gasteiger partial charge on any atom is 0.120 e. The summed E-state index contributed by atoms with van der Waals surface area (Å²) in [6, 6.07) is 5.54. The molecule has 0 aromatic heterocycles. The van der Waals surface area contributed by atoms with Gasteiger partial charge in [-0.2, -0.15) is 0 Å². The highest BCUT2D eigenvalue weighted by atomic mass is 32.1. The fraction of sp³-hybridized carbons (Fsp3) is 0.364. The molecule has 0 bridgehead atoms. The molecule has 0 saturated heterocycles. The van der Waals surface area contributed by atoms with Gasteiger partial charge in [-0.1, -0.05) is 12.2 Å². The average molecular weight is 240 g/mol. The van der Waals surface area contributed by atoms with E-state index in [-0.39, 0.29) is 0 Å². The normalized spacial score (nSPS) is 9.88. The van der Waals surface area contributed by atoms with Gasteiger partial charge in [0.15, 0.2) is 0 Å². The summed E-state index contributed by atoms with van der Waals surface area (Å²) in [5.74, 6) is 0.764. The minimum Gasteiger partial charge on any atom is -0.497 e. The van der Waals surface area contributed by atoms with Crippen molar-refractivity contribution in [2.24, 2.45) is 5.73 Å². The fourth-order valence-corrected chi connectivity index (χ4v) is 1.48. The maximum absolute atomic E-state index is 5.63. The molecule has 16 heavy (non-hydrogen) atoms. The van der Waals surface area contributed by atoms with Crippen LogP contribution >= 0.6 is 12.2 Å². The van der Waals surface area contributed by atoms with Crippen LogP contribution in [0.2, 0.25) is 0 Å². The molecule has 1 aromatic carbocycles. The van der Waals surface area contributed by atoms with Crippen LogP contribution in [0, 0.1) is 0 Å². The summed E-state index contributed by atoms with van der Waals surface area (Å²) in [6.07, 6.45) is 0. The molecular formula is C11H16N2O2S. The Labute approximate surface area is 101 Å². The van der Waals surface area contributed by atoms with E-state index in [1.54, 1.807) is 14.2 Å². The Kier molecular flexibility index (Phi) is 5.01. The van der Waals surface area contributed by atoms with Crippen molar-refractivity contribution in [2.45, 2.75) is 0 Å². The maximum atomic E-state index is 5.63. The molecule has 88 valence electrons. The molecule has 0 heterocycles. The van der Waals surface area contributed by atoms with Gasteiger partial charge in [0.25, 0.3) is 0 Å². The summed E-state index contributed by atoms with van der Waals surface area (Å²) < 4.78 is 10.1. The van der Waals surface area contributed by atoms with Crippen LogP contribution in [0.1, 0.15) is 5.56 Å². The second kappa shape index (κ2) is 6.30. The number of nitrogens with two attached hydrogens (primary N) is 1. The summed E-state index contributed by atoms with van der Waals surface area (Å²) in [6.45, 7) is 1.31. The first-order valence-corrected chi connectivity index (χ1v) is 5.30. The van der Waals surface area contributed by atoms with Crippen LogP contribution < -0.4 is 15.8 Å². The van der Waals surface area contributed by atoms with Crippen molar-refractivity contribution in [2.75, 3.05) is 32.7 Å². The number of hydrogen-bond donors (Lipinski definition) is 2. The predicted molar refractivity (Wildman–Crippen MR) is 69.2 cm³/mol. The minimum atomic E-state index is 0.363. The number of thiocarbonyl (C=S) groups is 1. The third-order valence-electron chi connectivity index (χ3n) is 2.11. The lowest BCUT2D eigenvalue weighted by molar-refractivity contribution is 0.211. The van der Waals surface area contributed by atoms with E-state index in [0.29, 0.717) is 18.1 Å². The lowest BCUT2D eigenvalue weighted by Crippen LogP contribution is -2.15. The number of ether oxygens (including phenoxy) is 2. The molecule has 0 aliphatic heterocycles. The van der Waals surface area contributed by atoms with Gasteiger partial charge in [0, 0.05) is 31.0 Å². The van der Waals surface area contributed by atoms with Crippen molar-refractivity contribution >= 4 is 22.9 Å². The predicted octanol–water partition coefficient (Wildman–Crippen LogP) is 1.39. The SMILES string of the molecule is COCCNc1cc(OC)ccc1C(N)=S. The first-order chi connectivity index (χ1) is 7.69. The van der Waals surface area contributed by atoms with Crippen LogP contribution in [-0.2, 0) is 4.74 Å². The van der Waals surface area contributed by atoms with E-state index >= 15 is 0 Å². The van der Waals surface area contributed by atoms with Crippen LogP contribution in [0.4, 0.5) is 5.69 Å². The standard InChI is InChI=1S/C11H16N2O2S/c1-14-6-5-13-10-7-8(15-2)3-4-9(10)11(12)16/h3-4,7,13H,5-6H2,1-2H3,(H2,12,16). The van der Waals surface area contributed by atoms with Crippen molar-refractivity contribution in [3.8, 4) is 5.75 Å². The Bertz CT molecular complexity index is 369. The number of anilines is 1. The molecule has 1 aromatic rings. The van der Waals surface area contributed by atoms with Gasteiger partial charge < -0.3 is 20.5 Å². The lowest BCUT2D eigenvalue weighted by Gasteiger charge is -2.12. The largest absolute Gasteiger partial charge is 0.497 e. The van der Waals surface area contributed by atoms with E-state index in [1.165, 1.54) is 0 Å². The van der Waals surface area contributed by atoms with E-state index < -0.39 is 0 Å². The van der Waals surface area contributed by atoms with Gasteiger partial charge in [0.05, 0.1) is 13.7 Å². The first-order valence-electron chi connectivity index (χ1n) is 4.89. The molecular weight excluding hydrogens is 224 g/mol. The molecule has 0 fully saturated rings. The molecule has 4 nitrogen and oxygen atoms in total. The van der Waals surface area contributed by atoms with Crippen molar-refractivity contribution in [1.29, 1.82) is 0 Å². The highest BCUT2D eigenvalue weighted by Crippen LogP contribution is 2.22. The molecule has 0 radical (unpaired) electrons. The van der Waals surface area contributed by atoms with Crippen molar-refractivity contribution < 1.29 is 9.47 Å². The third-order valence-corrected chi connectivity index (χ3v) is 2.33. The van der Waals surface area contributed by atoms with Crippen molar-refractivity contribution in [3.05, 3.63) is 23.8 Å². The lowest BCUT2D eigenvalue weighted by atomic mass is 10.1. The molecule has 5 heteroatoms. The van der Waals surface area contributed by atoms with Crippen molar-refractivity contribution in [3.63, 3.8) is 0 Å². The quantitative estimate of drug-likeness (QED) is 0.581. The molecule has 3 N–H and O–H groups in total. The molecule has 0 spiro atoms. The number of rotatable bonds is 6. The van der Waals surface area contributed by atoms with Crippen molar-refractivity contribution in [1.82, 2.24) is 0 Å². The zero-order valence-electron chi connectivity index (χ0n) is 9.45. The van der Waals surface area contributed by atoms with Gasteiger partial charge in [-0.15, -0.1) is 0 Å². The fourth-order valence-electron chi connectivity index (χ4n) is 1.30. The molecule has 0 amide bonds. The van der Waals surface area contributed by atoms with Gasteiger partial charge in [-0.05, 0) is 12.1 Å². The van der Waals surface area contributed by atoms with Crippen LogP contribution in [0.15, 0.2) is 18.2 Å². The Morgan fingerprint density at radius 2 is 2.19 bits per heavy atom. The molecule has 0 aliphatic carbocycles. The molecule has 0 unspecified atom stereocenters. The van der Waals surface area contributed by atoms with Gasteiger partial charge in [-0.3, -0.25) is 0 Å². The Morgan fingerprint density at radius 3 is 2.75 bits per heavy atom. The number of nitrogens with one attached hydrogen (secondary N) is 1. The van der Waals surface area contributed by atoms with Crippen LogP contribution in [0.5, 0.6) is 5.75 Å². The third kappa shape index (κ3) is 3.36. The van der Waals surface area contributed by atoms with Gasteiger partial charge >= 0.3 is 0 Å². The zero-order chi connectivity index (χ0) is 12.0. The van der Waals surface area contributed by atoms with E-state index in [1.807, 2.05) is 18.2 Å².